The molecule has 0 aliphatic rings. The van der Waals surface area contributed by atoms with Crippen molar-refractivity contribution < 1.29 is 13.9 Å². The fraction of sp³-hybridized carbons (Fsp3) is 0.412. The maximum Gasteiger partial charge on any atom is 0.146 e. The van der Waals surface area contributed by atoms with Gasteiger partial charge < -0.3 is 19.2 Å². The van der Waals surface area contributed by atoms with Crippen molar-refractivity contribution in [2.24, 2.45) is 0 Å². The second-order valence-corrected chi connectivity index (χ2v) is 4.79. The lowest BCUT2D eigenvalue weighted by Gasteiger charge is -2.07. The largest absolute Gasteiger partial charge is 0.494 e. The molecule has 114 valence electrons. The van der Waals surface area contributed by atoms with Gasteiger partial charge in [-0.2, -0.15) is 0 Å². The zero-order valence-corrected chi connectivity index (χ0v) is 12.7. The summed E-state index contributed by atoms with van der Waals surface area (Å²) < 4.78 is 16.7. The summed E-state index contributed by atoms with van der Waals surface area (Å²) in [6.45, 7) is 7.03. The van der Waals surface area contributed by atoms with Gasteiger partial charge in [-0.15, -0.1) is 0 Å². The van der Waals surface area contributed by atoms with Gasteiger partial charge in [0.15, 0.2) is 0 Å². The molecule has 1 heterocycles. The summed E-state index contributed by atoms with van der Waals surface area (Å²) in [5.41, 5.74) is 1.14. The predicted molar refractivity (Wildman–Crippen MR) is 82.6 cm³/mol. The Hall–Kier alpha value is -1.94. The van der Waals surface area contributed by atoms with E-state index in [2.05, 4.69) is 12.2 Å². The highest BCUT2D eigenvalue weighted by Crippen LogP contribution is 2.20. The Morgan fingerprint density at radius 3 is 2.67 bits per heavy atom. The van der Waals surface area contributed by atoms with Crippen molar-refractivity contribution in [1.82, 2.24) is 5.32 Å². The van der Waals surface area contributed by atoms with E-state index in [0.717, 1.165) is 42.3 Å². The molecular weight excluding hydrogens is 266 g/mol. The number of rotatable bonds is 9. The average molecular weight is 289 g/mol. The average Bonchev–Trinajstić information content (AvgIpc) is 2.94. The highest BCUT2D eigenvalue weighted by molar-refractivity contribution is 5.33. The molecule has 1 aromatic carbocycles. The number of nitrogens with one attached hydrogen (secondary N) is 1. The van der Waals surface area contributed by atoms with Crippen molar-refractivity contribution in [1.29, 1.82) is 0 Å². The summed E-state index contributed by atoms with van der Waals surface area (Å²) in [6, 6.07) is 9.66. The maximum atomic E-state index is 5.72. The van der Waals surface area contributed by atoms with Crippen LogP contribution in [0.4, 0.5) is 0 Å². The van der Waals surface area contributed by atoms with Gasteiger partial charge in [-0.25, -0.2) is 0 Å². The van der Waals surface area contributed by atoms with Crippen LogP contribution in [-0.4, -0.2) is 13.2 Å². The molecule has 2 rings (SSSR count). The van der Waals surface area contributed by atoms with Gasteiger partial charge in [-0.05, 0) is 38.1 Å². The zero-order chi connectivity index (χ0) is 14.9. The Morgan fingerprint density at radius 2 is 1.90 bits per heavy atom. The molecule has 0 atom stereocenters. The Labute approximate surface area is 126 Å². The van der Waals surface area contributed by atoms with Gasteiger partial charge in [0, 0.05) is 18.2 Å². The molecule has 4 nitrogen and oxygen atoms in total. The Bertz CT molecular complexity index is 536. The molecule has 0 radical (unpaired) electrons. The van der Waals surface area contributed by atoms with E-state index in [9.17, 15) is 0 Å². The lowest BCUT2D eigenvalue weighted by molar-refractivity contribution is 0.267. The van der Waals surface area contributed by atoms with Crippen LogP contribution >= 0.6 is 0 Å². The van der Waals surface area contributed by atoms with Crippen LogP contribution in [0.5, 0.6) is 11.5 Å². The van der Waals surface area contributed by atoms with E-state index in [1.54, 1.807) is 6.26 Å². The molecule has 0 amide bonds. The summed E-state index contributed by atoms with van der Waals surface area (Å²) in [7, 11) is 0. The zero-order valence-electron chi connectivity index (χ0n) is 12.7. The van der Waals surface area contributed by atoms with Crippen LogP contribution in [0.2, 0.25) is 0 Å². The SMILES string of the molecule is CCCNCc1coc(COc2cccc(OCC)c2)c1. The van der Waals surface area contributed by atoms with Crippen molar-refractivity contribution in [3.8, 4) is 11.5 Å². The summed E-state index contributed by atoms with van der Waals surface area (Å²) in [5.74, 6) is 2.42. The molecular formula is C17H23NO3. The molecule has 2 aromatic rings. The van der Waals surface area contributed by atoms with Crippen molar-refractivity contribution >= 4 is 0 Å². The van der Waals surface area contributed by atoms with E-state index >= 15 is 0 Å². The topological polar surface area (TPSA) is 43.6 Å². The molecule has 4 heteroatoms. The first-order valence-corrected chi connectivity index (χ1v) is 7.44. The van der Waals surface area contributed by atoms with Gasteiger partial charge in [-0.1, -0.05) is 13.0 Å². The van der Waals surface area contributed by atoms with E-state index in [1.807, 2.05) is 37.3 Å². The predicted octanol–water partition coefficient (Wildman–Crippen LogP) is 3.76. The summed E-state index contributed by atoms with van der Waals surface area (Å²) in [5, 5.41) is 3.34. The molecule has 0 aliphatic heterocycles. The summed E-state index contributed by atoms with van der Waals surface area (Å²) >= 11 is 0. The number of benzene rings is 1. The van der Waals surface area contributed by atoms with E-state index in [0.29, 0.717) is 13.2 Å². The van der Waals surface area contributed by atoms with Crippen molar-refractivity contribution in [2.75, 3.05) is 13.2 Å². The number of ether oxygens (including phenoxy) is 2. The minimum atomic E-state index is 0.420. The molecule has 1 aromatic heterocycles. The minimum Gasteiger partial charge on any atom is -0.494 e. The first-order valence-electron chi connectivity index (χ1n) is 7.44. The molecule has 0 saturated carbocycles. The molecule has 21 heavy (non-hydrogen) atoms. The second-order valence-electron chi connectivity index (χ2n) is 4.79. The van der Waals surface area contributed by atoms with Gasteiger partial charge in [0.1, 0.15) is 23.9 Å². The van der Waals surface area contributed by atoms with Crippen molar-refractivity contribution in [3.05, 3.63) is 47.9 Å². The smallest absolute Gasteiger partial charge is 0.146 e. The highest BCUT2D eigenvalue weighted by atomic mass is 16.5. The standard InChI is InChI=1S/C17H23NO3/c1-3-8-18-11-14-9-17(20-12-14)13-21-16-7-5-6-15(10-16)19-4-2/h5-7,9-10,12,18H,3-4,8,11,13H2,1-2H3. The van der Waals surface area contributed by atoms with Crippen LogP contribution in [0.1, 0.15) is 31.6 Å². The van der Waals surface area contributed by atoms with Crippen LogP contribution in [0.25, 0.3) is 0 Å². The lowest BCUT2D eigenvalue weighted by Crippen LogP contribution is -2.13. The van der Waals surface area contributed by atoms with Crippen molar-refractivity contribution in [2.45, 2.75) is 33.4 Å². The first-order chi connectivity index (χ1) is 10.3. The van der Waals surface area contributed by atoms with Crippen molar-refractivity contribution in [3.63, 3.8) is 0 Å². The first kappa shape index (κ1) is 15.4. The molecule has 0 spiro atoms. The van der Waals surface area contributed by atoms with Crippen LogP contribution < -0.4 is 14.8 Å². The third kappa shape index (κ3) is 5.16. The maximum absolute atomic E-state index is 5.72. The molecule has 0 saturated heterocycles. The quantitative estimate of drug-likeness (QED) is 0.714. The van der Waals surface area contributed by atoms with Crippen LogP contribution in [0.3, 0.4) is 0 Å². The Morgan fingerprint density at radius 1 is 1.10 bits per heavy atom. The lowest BCUT2D eigenvalue weighted by atomic mass is 10.3. The van der Waals surface area contributed by atoms with E-state index in [4.69, 9.17) is 13.9 Å². The minimum absolute atomic E-state index is 0.420. The summed E-state index contributed by atoms with van der Waals surface area (Å²) in [6.07, 6.45) is 2.90. The fourth-order valence-electron chi connectivity index (χ4n) is 1.98. The van der Waals surface area contributed by atoms with E-state index in [-0.39, 0.29) is 0 Å². The highest BCUT2D eigenvalue weighted by Gasteiger charge is 2.03. The molecule has 0 bridgehead atoms. The Kier molecular flexibility index (Phi) is 6.16. The van der Waals surface area contributed by atoms with Gasteiger partial charge in [-0.3, -0.25) is 0 Å². The second kappa shape index (κ2) is 8.37. The Balaban J connectivity index is 1.83. The number of furan rings is 1. The monoisotopic (exact) mass is 289 g/mol. The van der Waals surface area contributed by atoms with E-state index in [1.165, 1.54) is 0 Å². The molecule has 1 N–H and O–H groups in total. The van der Waals surface area contributed by atoms with Crippen LogP contribution in [0.15, 0.2) is 41.0 Å². The van der Waals surface area contributed by atoms with Gasteiger partial charge in [0.2, 0.25) is 0 Å². The van der Waals surface area contributed by atoms with Crippen LogP contribution in [-0.2, 0) is 13.2 Å². The normalized spacial score (nSPS) is 10.6. The third-order valence-corrected chi connectivity index (χ3v) is 2.96. The van der Waals surface area contributed by atoms with E-state index < -0.39 is 0 Å². The molecule has 0 fully saturated rings. The molecule has 0 unspecified atom stereocenters. The fourth-order valence-corrected chi connectivity index (χ4v) is 1.98. The number of hydrogen-bond acceptors (Lipinski definition) is 4. The van der Waals surface area contributed by atoms with Gasteiger partial charge in [0.05, 0.1) is 12.9 Å². The van der Waals surface area contributed by atoms with Gasteiger partial charge >= 0.3 is 0 Å². The molecule has 0 aliphatic carbocycles. The number of hydrogen-bond donors (Lipinski definition) is 1. The summed E-state index contributed by atoms with van der Waals surface area (Å²) in [4.78, 5) is 0. The third-order valence-electron chi connectivity index (χ3n) is 2.96. The van der Waals surface area contributed by atoms with Crippen LogP contribution in [0, 0.1) is 0 Å². The van der Waals surface area contributed by atoms with Gasteiger partial charge in [0.25, 0.3) is 0 Å².